The van der Waals surface area contributed by atoms with Crippen LogP contribution < -0.4 is 14.2 Å². The fraction of sp³-hybridized carbons (Fsp3) is 0.125. The predicted molar refractivity (Wildman–Crippen MR) is 62.6 cm³/mol. The molecule has 0 radical (unpaired) electrons. The predicted octanol–water partition coefficient (Wildman–Crippen LogP) is -0.0378. The van der Waals surface area contributed by atoms with Crippen LogP contribution in [0.3, 0.4) is 0 Å². The van der Waals surface area contributed by atoms with E-state index in [0.717, 1.165) is 7.05 Å². The number of hydrogen-bond acceptors (Lipinski definition) is 6. The van der Waals surface area contributed by atoms with Gasteiger partial charge in [0.15, 0.2) is 0 Å². The highest BCUT2D eigenvalue weighted by atomic mass is 32.2. The van der Waals surface area contributed by atoms with Crippen LogP contribution in [0.25, 0.3) is 0 Å². The lowest BCUT2D eigenvalue weighted by Crippen LogP contribution is -2.40. The van der Waals surface area contributed by atoms with Crippen LogP contribution in [0.4, 0.5) is 5.69 Å². The van der Waals surface area contributed by atoms with Gasteiger partial charge >= 0.3 is 21.9 Å². The van der Waals surface area contributed by atoms with Gasteiger partial charge in [0.1, 0.15) is 0 Å². The molecule has 0 aliphatic rings. The van der Waals surface area contributed by atoms with Crippen molar-refractivity contribution in [2.24, 2.45) is 0 Å². The lowest BCUT2D eigenvalue weighted by molar-refractivity contribution is -0.385. The van der Waals surface area contributed by atoms with E-state index in [4.69, 9.17) is 10.1 Å². The van der Waals surface area contributed by atoms with Crippen LogP contribution in [0, 0.1) is 15.5 Å². The molecule has 0 saturated carbocycles. The van der Waals surface area contributed by atoms with Gasteiger partial charge in [-0.3, -0.25) is 15.5 Å². The Morgan fingerprint density at radius 2 is 2.06 bits per heavy atom. The molecule has 98 valence electrons. The van der Waals surface area contributed by atoms with E-state index in [-0.39, 0.29) is 11.4 Å². The Labute approximate surface area is 103 Å². The highest BCUT2D eigenvalue weighted by Crippen LogP contribution is 2.25. The second-order valence-corrected chi connectivity index (χ2v) is 4.58. The lowest BCUT2D eigenvalue weighted by atomic mass is 10.3. The summed E-state index contributed by atoms with van der Waals surface area (Å²) in [6.45, 7) is 0. The lowest BCUT2D eigenvalue weighted by Gasteiger charge is -2.08. The van der Waals surface area contributed by atoms with Gasteiger partial charge in [0.05, 0.1) is 4.92 Å². The van der Waals surface area contributed by atoms with E-state index in [0.29, 0.717) is 0 Å². The van der Waals surface area contributed by atoms with Crippen LogP contribution in [0.15, 0.2) is 24.3 Å². The van der Waals surface area contributed by atoms with E-state index in [1.54, 1.807) is 4.72 Å². The number of nitrogens with one attached hydrogen (secondary N) is 3. The summed E-state index contributed by atoms with van der Waals surface area (Å²) in [5.74, 6) is -0.230. The van der Waals surface area contributed by atoms with Crippen molar-refractivity contribution in [1.82, 2.24) is 9.44 Å². The smallest absolute Gasteiger partial charge is 0.311 e. The van der Waals surface area contributed by atoms with E-state index in [1.807, 2.05) is 4.72 Å². The first-order valence-electron chi connectivity index (χ1n) is 4.57. The van der Waals surface area contributed by atoms with Crippen LogP contribution in [0.5, 0.6) is 5.75 Å². The molecular formula is C8H10N4O5S. The minimum atomic E-state index is -3.89. The van der Waals surface area contributed by atoms with E-state index in [2.05, 4.69) is 0 Å². The van der Waals surface area contributed by atoms with Crippen molar-refractivity contribution in [2.45, 2.75) is 0 Å². The monoisotopic (exact) mass is 274 g/mol. The Morgan fingerprint density at radius 1 is 1.44 bits per heavy atom. The fourth-order valence-electron chi connectivity index (χ4n) is 0.998. The topological polar surface area (TPSA) is 134 Å². The van der Waals surface area contributed by atoms with Gasteiger partial charge in [-0.2, -0.15) is 8.42 Å². The maximum absolute atomic E-state index is 11.0. The molecule has 0 heterocycles. The number of ether oxygens (including phenoxy) is 1. The zero-order valence-corrected chi connectivity index (χ0v) is 10.0. The van der Waals surface area contributed by atoms with Crippen LogP contribution in [-0.2, 0) is 10.2 Å². The maximum Gasteiger partial charge on any atom is 0.311 e. The molecule has 1 aromatic rings. The van der Waals surface area contributed by atoms with Crippen LogP contribution >= 0.6 is 0 Å². The molecule has 0 spiro atoms. The molecule has 3 N–H and O–H groups in total. The number of para-hydroxylation sites is 2. The second-order valence-electron chi connectivity index (χ2n) is 2.97. The number of benzene rings is 1. The van der Waals surface area contributed by atoms with Crippen LogP contribution in [-0.4, -0.2) is 26.4 Å². The largest absolute Gasteiger partial charge is 0.418 e. The third kappa shape index (κ3) is 3.68. The first-order chi connectivity index (χ1) is 8.35. The fourth-order valence-corrected chi connectivity index (χ4v) is 1.39. The Bertz CT molecular complexity index is 571. The summed E-state index contributed by atoms with van der Waals surface area (Å²) in [4.78, 5) is 9.95. The summed E-state index contributed by atoms with van der Waals surface area (Å²) >= 11 is 0. The minimum absolute atomic E-state index is 0.230. The molecular weight excluding hydrogens is 264 g/mol. The van der Waals surface area contributed by atoms with E-state index in [1.165, 1.54) is 24.3 Å². The molecule has 0 atom stereocenters. The molecule has 10 heteroatoms. The number of nitrogens with zero attached hydrogens (tertiary/aromatic N) is 1. The molecule has 18 heavy (non-hydrogen) atoms. The molecule has 0 unspecified atom stereocenters. The van der Waals surface area contributed by atoms with Gasteiger partial charge in [0.2, 0.25) is 5.75 Å². The summed E-state index contributed by atoms with van der Waals surface area (Å²) in [6, 6.07) is 4.46. The Balaban J connectivity index is 2.86. The summed E-state index contributed by atoms with van der Waals surface area (Å²) in [7, 11) is -2.75. The van der Waals surface area contributed by atoms with E-state index < -0.39 is 21.2 Å². The molecule has 0 bridgehead atoms. The standard InChI is InChI=1S/C8H10N4O5S/c1-10-18(15,16)11-8(9)17-7-5-3-2-4-6(7)12(13)14/h2-5,10H,1H3,(H2,9,11). The Kier molecular flexibility index (Phi) is 4.18. The zero-order valence-electron chi connectivity index (χ0n) is 9.21. The van der Waals surface area contributed by atoms with Crippen molar-refractivity contribution in [2.75, 3.05) is 7.05 Å². The van der Waals surface area contributed by atoms with Crippen LogP contribution in [0.2, 0.25) is 0 Å². The van der Waals surface area contributed by atoms with Gasteiger partial charge in [0, 0.05) is 13.1 Å². The summed E-state index contributed by atoms with van der Waals surface area (Å²) < 4.78 is 30.5. The number of nitro benzene ring substituents is 1. The molecule has 1 aromatic carbocycles. The highest BCUT2D eigenvalue weighted by Gasteiger charge is 2.17. The van der Waals surface area contributed by atoms with Gasteiger partial charge in [0.25, 0.3) is 0 Å². The summed E-state index contributed by atoms with van der Waals surface area (Å²) in [5, 5.41) is 17.9. The van der Waals surface area contributed by atoms with Crippen molar-refractivity contribution in [3.8, 4) is 5.75 Å². The molecule has 0 aromatic heterocycles. The summed E-state index contributed by atoms with van der Waals surface area (Å²) in [6.07, 6.45) is 0. The number of hydrogen-bond donors (Lipinski definition) is 3. The first kappa shape index (κ1) is 13.9. The van der Waals surface area contributed by atoms with Crippen LogP contribution in [0.1, 0.15) is 0 Å². The third-order valence-electron chi connectivity index (χ3n) is 1.77. The molecule has 0 amide bonds. The van der Waals surface area contributed by atoms with Crippen molar-refractivity contribution in [3.05, 3.63) is 34.4 Å². The van der Waals surface area contributed by atoms with Gasteiger partial charge in [-0.1, -0.05) is 12.1 Å². The SMILES string of the molecule is CNS(=O)(=O)NC(=N)Oc1ccccc1[N+](=O)[O-]. The second kappa shape index (κ2) is 5.42. The molecule has 0 saturated heterocycles. The minimum Gasteiger partial charge on any atom is -0.418 e. The molecule has 1 rings (SSSR count). The highest BCUT2D eigenvalue weighted by molar-refractivity contribution is 7.88. The van der Waals surface area contributed by atoms with Gasteiger partial charge in [-0.15, -0.1) is 0 Å². The van der Waals surface area contributed by atoms with E-state index in [9.17, 15) is 18.5 Å². The van der Waals surface area contributed by atoms with Crippen molar-refractivity contribution >= 4 is 21.9 Å². The number of nitro groups is 1. The van der Waals surface area contributed by atoms with Crippen molar-refractivity contribution in [3.63, 3.8) is 0 Å². The van der Waals surface area contributed by atoms with Crippen molar-refractivity contribution < 1.29 is 18.1 Å². The average molecular weight is 274 g/mol. The van der Waals surface area contributed by atoms with Gasteiger partial charge in [-0.05, 0) is 6.07 Å². The molecule has 9 nitrogen and oxygen atoms in total. The Morgan fingerprint density at radius 3 is 2.61 bits per heavy atom. The average Bonchev–Trinajstić information content (AvgIpc) is 2.28. The third-order valence-corrected chi connectivity index (χ3v) is 2.76. The molecule has 0 aliphatic carbocycles. The zero-order chi connectivity index (χ0) is 13.8. The Hall–Kier alpha value is -2.20. The first-order valence-corrected chi connectivity index (χ1v) is 6.05. The quantitative estimate of drug-likeness (QED) is 0.306. The molecule has 0 fully saturated rings. The van der Waals surface area contributed by atoms with Gasteiger partial charge in [-0.25, -0.2) is 9.44 Å². The van der Waals surface area contributed by atoms with E-state index >= 15 is 0 Å². The summed E-state index contributed by atoms with van der Waals surface area (Å²) in [5.41, 5.74) is -0.370. The number of amidine groups is 1. The number of rotatable bonds is 4. The molecule has 0 aliphatic heterocycles. The maximum atomic E-state index is 11.0. The van der Waals surface area contributed by atoms with Gasteiger partial charge < -0.3 is 4.74 Å². The van der Waals surface area contributed by atoms with Crippen molar-refractivity contribution in [1.29, 1.82) is 5.41 Å². The normalized spacial score (nSPS) is 10.7.